The second-order valence-corrected chi connectivity index (χ2v) is 4.88. The maximum Gasteiger partial charge on any atom is 0.330 e. The Bertz CT molecular complexity index is 559. The molecular formula is C9H10BrFN2O5. The molecule has 0 bridgehead atoms. The van der Waals surface area contributed by atoms with Crippen molar-refractivity contribution >= 4 is 15.9 Å². The normalized spacial score (nSPS) is 31.8. The van der Waals surface area contributed by atoms with E-state index >= 15 is 0 Å². The lowest BCUT2D eigenvalue weighted by molar-refractivity contribution is -0.0459. The molecule has 0 aromatic carbocycles. The zero-order chi connectivity index (χ0) is 13.4. The maximum atomic E-state index is 13.1. The standard InChI is InChI=1S/C9H10BrFN2O5/c10-5-6(15)4(2-14)18-8(5)13-1-3(11)7(16)12-9(13)17/h1,4-6,8,14-15H,2H2,(H,12,16,17)/t4-,5+,6-,8?/m1/s1. The van der Waals surface area contributed by atoms with Gasteiger partial charge in [0.25, 0.3) is 5.56 Å². The number of halogens is 2. The zero-order valence-corrected chi connectivity index (χ0v) is 10.5. The van der Waals surface area contributed by atoms with E-state index in [1.165, 1.54) is 0 Å². The smallest absolute Gasteiger partial charge is 0.330 e. The molecular weight excluding hydrogens is 315 g/mol. The number of hydrogen-bond acceptors (Lipinski definition) is 5. The molecule has 9 heteroatoms. The first-order valence-electron chi connectivity index (χ1n) is 5.05. The lowest BCUT2D eigenvalue weighted by Gasteiger charge is -2.16. The number of hydrogen-bond donors (Lipinski definition) is 3. The Morgan fingerprint density at radius 1 is 1.56 bits per heavy atom. The van der Waals surface area contributed by atoms with Crippen LogP contribution in [-0.4, -0.2) is 43.4 Å². The summed E-state index contributed by atoms with van der Waals surface area (Å²) in [6.07, 6.45) is -2.26. The summed E-state index contributed by atoms with van der Waals surface area (Å²) in [6.45, 7) is -0.444. The lowest BCUT2D eigenvalue weighted by Crippen LogP contribution is -2.36. The van der Waals surface area contributed by atoms with Crippen LogP contribution in [0.25, 0.3) is 0 Å². The van der Waals surface area contributed by atoms with Crippen LogP contribution in [0.1, 0.15) is 6.23 Å². The van der Waals surface area contributed by atoms with Crippen LogP contribution < -0.4 is 11.2 Å². The number of aliphatic hydroxyl groups excluding tert-OH is 2. The predicted molar refractivity (Wildman–Crippen MR) is 61.0 cm³/mol. The number of rotatable bonds is 2. The summed E-state index contributed by atoms with van der Waals surface area (Å²) < 4.78 is 19.2. The van der Waals surface area contributed by atoms with Crippen molar-refractivity contribution in [2.45, 2.75) is 23.3 Å². The number of H-pyrrole nitrogens is 1. The first-order valence-corrected chi connectivity index (χ1v) is 5.96. The fourth-order valence-electron chi connectivity index (χ4n) is 1.73. The van der Waals surface area contributed by atoms with Crippen LogP contribution in [0.5, 0.6) is 0 Å². The maximum absolute atomic E-state index is 13.1. The third-order valence-electron chi connectivity index (χ3n) is 2.67. The fourth-order valence-corrected chi connectivity index (χ4v) is 2.45. The third kappa shape index (κ3) is 2.14. The van der Waals surface area contributed by atoms with Crippen LogP contribution >= 0.6 is 15.9 Å². The van der Waals surface area contributed by atoms with E-state index in [-0.39, 0.29) is 0 Å². The van der Waals surface area contributed by atoms with Crippen molar-refractivity contribution in [3.8, 4) is 0 Å². The van der Waals surface area contributed by atoms with E-state index in [9.17, 15) is 19.1 Å². The molecule has 1 saturated heterocycles. The van der Waals surface area contributed by atoms with Crippen molar-refractivity contribution in [1.82, 2.24) is 9.55 Å². The quantitative estimate of drug-likeness (QED) is 0.586. The van der Waals surface area contributed by atoms with E-state index in [4.69, 9.17) is 9.84 Å². The summed E-state index contributed by atoms with van der Waals surface area (Å²) in [5.74, 6) is -1.14. The molecule has 0 amide bonds. The van der Waals surface area contributed by atoms with Crippen LogP contribution in [0.2, 0.25) is 0 Å². The van der Waals surface area contributed by atoms with Gasteiger partial charge in [-0.15, -0.1) is 0 Å². The monoisotopic (exact) mass is 324 g/mol. The van der Waals surface area contributed by atoms with Crippen LogP contribution in [-0.2, 0) is 4.74 Å². The van der Waals surface area contributed by atoms with Gasteiger partial charge in [0, 0.05) is 0 Å². The average molecular weight is 325 g/mol. The number of nitrogens with zero attached hydrogens (tertiary/aromatic N) is 1. The van der Waals surface area contributed by atoms with Crippen molar-refractivity contribution in [2.75, 3.05) is 6.61 Å². The molecule has 1 aromatic rings. The Morgan fingerprint density at radius 3 is 2.78 bits per heavy atom. The van der Waals surface area contributed by atoms with Gasteiger partial charge in [-0.1, -0.05) is 15.9 Å². The molecule has 1 unspecified atom stereocenters. The second kappa shape index (κ2) is 4.92. The second-order valence-electron chi connectivity index (χ2n) is 3.83. The molecule has 7 nitrogen and oxygen atoms in total. The van der Waals surface area contributed by atoms with E-state index in [1.54, 1.807) is 4.98 Å². The molecule has 0 spiro atoms. The molecule has 1 aliphatic rings. The average Bonchev–Trinajstić information content (AvgIpc) is 2.61. The molecule has 100 valence electrons. The van der Waals surface area contributed by atoms with Crippen LogP contribution in [0.4, 0.5) is 4.39 Å². The number of aliphatic hydroxyl groups is 2. The number of ether oxygens (including phenoxy) is 1. The van der Waals surface area contributed by atoms with Gasteiger partial charge in [-0.2, -0.15) is 4.39 Å². The molecule has 0 aliphatic carbocycles. The van der Waals surface area contributed by atoms with Crippen molar-refractivity contribution in [2.24, 2.45) is 0 Å². The SMILES string of the molecule is O=c1[nH]c(=O)n(C2O[C@H](CO)[C@@H](O)[C@@H]2Br)cc1F. The molecule has 2 rings (SSSR count). The molecule has 1 fully saturated rings. The molecule has 2 heterocycles. The van der Waals surface area contributed by atoms with Gasteiger partial charge in [-0.3, -0.25) is 14.3 Å². The number of aromatic amines is 1. The minimum Gasteiger partial charge on any atom is -0.394 e. The lowest BCUT2D eigenvalue weighted by atomic mass is 10.2. The molecule has 1 aliphatic heterocycles. The highest BCUT2D eigenvalue weighted by molar-refractivity contribution is 9.09. The van der Waals surface area contributed by atoms with Crippen molar-refractivity contribution < 1.29 is 19.3 Å². The topological polar surface area (TPSA) is 105 Å². The summed E-state index contributed by atoms with van der Waals surface area (Å²) in [5.41, 5.74) is -1.98. The summed E-state index contributed by atoms with van der Waals surface area (Å²) in [5, 5.41) is 18.7. The Morgan fingerprint density at radius 2 is 2.22 bits per heavy atom. The Hall–Kier alpha value is -1.03. The third-order valence-corrected chi connectivity index (χ3v) is 3.67. The van der Waals surface area contributed by atoms with E-state index in [1.807, 2.05) is 0 Å². The van der Waals surface area contributed by atoms with E-state index in [2.05, 4.69) is 15.9 Å². The van der Waals surface area contributed by atoms with Gasteiger partial charge in [-0.05, 0) is 0 Å². The molecule has 0 saturated carbocycles. The number of nitrogens with one attached hydrogen (secondary N) is 1. The first kappa shape index (κ1) is 13.4. The fraction of sp³-hybridized carbons (Fsp3) is 0.556. The molecule has 4 atom stereocenters. The van der Waals surface area contributed by atoms with Gasteiger partial charge in [0.2, 0.25) is 5.82 Å². The van der Waals surface area contributed by atoms with Crippen molar-refractivity contribution in [1.29, 1.82) is 0 Å². The predicted octanol–water partition coefficient (Wildman–Crippen LogP) is -1.31. The molecule has 1 aromatic heterocycles. The van der Waals surface area contributed by atoms with Gasteiger partial charge < -0.3 is 14.9 Å². The van der Waals surface area contributed by atoms with E-state index in [0.29, 0.717) is 6.20 Å². The van der Waals surface area contributed by atoms with Crippen molar-refractivity contribution in [3.63, 3.8) is 0 Å². The van der Waals surface area contributed by atoms with Gasteiger partial charge in [0.05, 0.1) is 23.7 Å². The summed E-state index contributed by atoms with van der Waals surface area (Å²) >= 11 is 3.10. The Labute approximate surface area is 108 Å². The summed E-state index contributed by atoms with van der Waals surface area (Å²) in [4.78, 5) is 23.5. The highest BCUT2D eigenvalue weighted by Gasteiger charge is 2.43. The zero-order valence-electron chi connectivity index (χ0n) is 8.92. The minimum absolute atomic E-state index is 0.444. The number of aromatic nitrogens is 2. The highest BCUT2D eigenvalue weighted by Crippen LogP contribution is 2.33. The van der Waals surface area contributed by atoms with E-state index in [0.717, 1.165) is 4.57 Å². The molecule has 0 radical (unpaired) electrons. The number of alkyl halides is 1. The largest absolute Gasteiger partial charge is 0.394 e. The van der Waals surface area contributed by atoms with Gasteiger partial charge in [0.1, 0.15) is 6.10 Å². The summed E-state index contributed by atoms with van der Waals surface area (Å²) in [6, 6.07) is 0. The van der Waals surface area contributed by atoms with Gasteiger partial charge in [0.15, 0.2) is 6.23 Å². The van der Waals surface area contributed by atoms with Gasteiger partial charge in [-0.25, -0.2) is 4.79 Å². The van der Waals surface area contributed by atoms with Crippen LogP contribution in [0, 0.1) is 5.82 Å². The Balaban J connectivity index is 2.42. The molecule has 18 heavy (non-hydrogen) atoms. The summed E-state index contributed by atoms with van der Waals surface area (Å²) in [7, 11) is 0. The van der Waals surface area contributed by atoms with Crippen LogP contribution in [0.15, 0.2) is 15.8 Å². The Kier molecular flexibility index (Phi) is 3.66. The van der Waals surface area contributed by atoms with Gasteiger partial charge >= 0.3 is 5.69 Å². The first-order chi connectivity index (χ1) is 8.45. The van der Waals surface area contributed by atoms with Crippen molar-refractivity contribution in [3.05, 3.63) is 32.9 Å². The van der Waals surface area contributed by atoms with E-state index < -0.39 is 46.9 Å². The molecule has 3 N–H and O–H groups in total. The highest BCUT2D eigenvalue weighted by atomic mass is 79.9. The minimum atomic E-state index is -1.14. The van der Waals surface area contributed by atoms with Crippen LogP contribution in [0.3, 0.4) is 0 Å².